The van der Waals surface area contributed by atoms with Gasteiger partial charge in [0.1, 0.15) is 22.5 Å². The van der Waals surface area contributed by atoms with Crippen LogP contribution in [0, 0.1) is 11.3 Å². The summed E-state index contributed by atoms with van der Waals surface area (Å²) in [5.74, 6) is -0.106. The number of thiazole rings is 1. The van der Waals surface area contributed by atoms with Crippen molar-refractivity contribution in [1.29, 1.82) is 5.26 Å². The molecule has 0 aromatic carbocycles. The van der Waals surface area contributed by atoms with Crippen molar-refractivity contribution in [2.75, 3.05) is 6.54 Å². The van der Waals surface area contributed by atoms with E-state index in [1.807, 2.05) is 24.4 Å². The quantitative estimate of drug-likeness (QED) is 0.907. The van der Waals surface area contributed by atoms with Gasteiger partial charge in [-0.05, 0) is 17.6 Å². The molecule has 1 aliphatic heterocycles. The fourth-order valence-electron chi connectivity index (χ4n) is 2.92. The molecule has 2 aliphatic rings. The van der Waals surface area contributed by atoms with Crippen molar-refractivity contribution >= 4 is 17.2 Å². The van der Waals surface area contributed by atoms with Crippen molar-refractivity contribution in [1.82, 2.24) is 14.9 Å². The zero-order valence-corrected chi connectivity index (χ0v) is 14.5. The second-order valence-corrected chi connectivity index (χ2v) is 6.88. The number of aromatic nitrogens is 2. The predicted molar refractivity (Wildman–Crippen MR) is 97.1 cm³/mol. The number of allylic oxidation sites excluding steroid dienone is 3. The molecule has 0 unspecified atom stereocenters. The average molecular weight is 362 g/mol. The topological polar surface area (TPSA) is 90.1 Å². The summed E-state index contributed by atoms with van der Waals surface area (Å²) in [4.78, 5) is 22.8. The summed E-state index contributed by atoms with van der Waals surface area (Å²) in [7, 11) is 0. The normalized spacial score (nSPS) is 15.3. The largest absolute Gasteiger partial charge is 0.506 e. The van der Waals surface area contributed by atoms with Crippen molar-refractivity contribution in [3.8, 4) is 22.5 Å². The third-order valence-corrected chi connectivity index (χ3v) is 5.14. The van der Waals surface area contributed by atoms with Crippen molar-refractivity contribution in [2.24, 2.45) is 0 Å². The van der Waals surface area contributed by atoms with E-state index in [9.17, 15) is 9.90 Å². The van der Waals surface area contributed by atoms with E-state index >= 15 is 0 Å². The van der Waals surface area contributed by atoms with E-state index in [4.69, 9.17) is 5.26 Å². The van der Waals surface area contributed by atoms with E-state index in [1.165, 1.54) is 34.7 Å². The molecular weight excluding hydrogens is 348 g/mol. The minimum absolute atomic E-state index is 0.0124. The van der Waals surface area contributed by atoms with Crippen LogP contribution >= 0.6 is 11.3 Å². The number of aromatic hydroxyl groups is 1. The molecule has 0 saturated carbocycles. The summed E-state index contributed by atoms with van der Waals surface area (Å²) in [6, 6.07) is 3.28. The highest BCUT2D eigenvalue weighted by Gasteiger charge is 2.24. The van der Waals surface area contributed by atoms with Crippen LogP contribution in [0.15, 0.2) is 53.2 Å². The average Bonchev–Trinajstić information content (AvgIpc) is 3.28. The van der Waals surface area contributed by atoms with E-state index in [1.54, 1.807) is 10.3 Å². The molecule has 0 fully saturated rings. The Morgan fingerprint density at radius 1 is 1.42 bits per heavy atom. The highest BCUT2D eigenvalue weighted by atomic mass is 32.1. The minimum atomic E-state index is -0.0935. The first-order chi connectivity index (χ1) is 12.6. The number of carbonyl (C=O) groups excluding carboxylic acids is 1. The molecule has 2 aromatic rings. The Kier molecular flexibility index (Phi) is 4.11. The van der Waals surface area contributed by atoms with Crippen molar-refractivity contribution in [3.63, 3.8) is 0 Å². The van der Waals surface area contributed by atoms with E-state index in [0.29, 0.717) is 22.9 Å². The van der Waals surface area contributed by atoms with Gasteiger partial charge in [-0.15, -0.1) is 11.3 Å². The summed E-state index contributed by atoms with van der Waals surface area (Å²) in [6.45, 7) is 0.605. The van der Waals surface area contributed by atoms with E-state index < -0.39 is 0 Å². The summed E-state index contributed by atoms with van der Waals surface area (Å²) in [5, 5.41) is 21.2. The Hall–Kier alpha value is -3.24. The van der Waals surface area contributed by atoms with E-state index in [-0.39, 0.29) is 23.6 Å². The van der Waals surface area contributed by atoms with Crippen LogP contribution in [0.25, 0.3) is 10.7 Å². The fourth-order valence-corrected chi connectivity index (χ4v) is 3.74. The molecule has 7 heteroatoms. The lowest BCUT2D eigenvalue weighted by molar-refractivity contribution is -0.127. The van der Waals surface area contributed by atoms with Gasteiger partial charge in [-0.25, -0.2) is 9.97 Å². The number of rotatable bonds is 3. The first-order valence-electron chi connectivity index (χ1n) is 8.04. The van der Waals surface area contributed by atoms with Crippen LogP contribution in [0.3, 0.4) is 0 Å². The SMILES string of the molecule is N#Cc1cnc(-c2nc(CC(=O)N3C=C4CC=CC=C4C3)cs2)c(O)c1. The van der Waals surface area contributed by atoms with Crippen LogP contribution in [0.5, 0.6) is 5.75 Å². The molecule has 1 amide bonds. The summed E-state index contributed by atoms with van der Waals surface area (Å²) in [5.41, 5.74) is 3.61. The van der Waals surface area contributed by atoms with Gasteiger partial charge < -0.3 is 10.0 Å². The van der Waals surface area contributed by atoms with Gasteiger partial charge in [0.25, 0.3) is 0 Å². The molecule has 1 aliphatic carbocycles. The van der Waals surface area contributed by atoms with Gasteiger partial charge in [0.05, 0.1) is 24.2 Å². The van der Waals surface area contributed by atoms with Crippen LogP contribution in [-0.2, 0) is 11.2 Å². The number of hydrogen-bond acceptors (Lipinski definition) is 6. The van der Waals surface area contributed by atoms with Crippen molar-refractivity contribution in [2.45, 2.75) is 12.8 Å². The number of hydrogen-bond donors (Lipinski definition) is 1. The second-order valence-electron chi connectivity index (χ2n) is 6.02. The van der Waals surface area contributed by atoms with Gasteiger partial charge in [0.2, 0.25) is 5.91 Å². The molecule has 1 N–H and O–H groups in total. The van der Waals surface area contributed by atoms with E-state index in [0.717, 1.165) is 6.42 Å². The lowest BCUT2D eigenvalue weighted by Gasteiger charge is -2.12. The predicted octanol–water partition coefficient (Wildman–Crippen LogP) is 2.94. The number of amides is 1. The molecule has 3 heterocycles. The van der Waals surface area contributed by atoms with Crippen molar-refractivity contribution < 1.29 is 9.90 Å². The maximum absolute atomic E-state index is 12.6. The molecule has 0 radical (unpaired) electrons. The van der Waals surface area contributed by atoms with Gasteiger partial charge in [0.15, 0.2) is 0 Å². The molecule has 2 aromatic heterocycles. The first kappa shape index (κ1) is 16.2. The van der Waals surface area contributed by atoms with Gasteiger partial charge in [-0.2, -0.15) is 5.26 Å². The maximum Gasteiger partial charge on any atom is 0.232 e. The maximum atomic E-state index is 12.6. The summed E-state index contributed by atoms with van der Waals surface area (Å²) < 4.78 is 0. The number of nitrogens with zero attached hydrogens (tertiary/aromatic N) is 4. The lowest BCUT2D eigenvalue weighted by atomic mass is 10.0. The Balaban J connectivity index is 1.48. The molecule has 26 heavy (non-hydrogen) atoms. The van der Waals surface area contributed by atoms with Crippen LogP contribution in [0.2, 0.25) is 0 Å². The van der Waals surface area contributed by atoms with Crippen LogP contribution in [0.4, 0.5) is 0 Å². The third-order valence-electron chi connectivity index (χ3n) is 4.24. The Morgan fingerprint density at radius 2 is 2.31 bits per heavy atom. The highest BCUT2D eigenvalue weighted by molar-refractivity contribution is 7.13. The van der Waals surface area contributed by atoms with E-state index in [2.05, 4.69) is 16.0 Å². The molecule has 4 rings (SSSR count). The third kappa shape index (κ3) is 3.03. The Bertz CT molecular complexity index is 1030. The highest BCUT2D eigenvalue weighted by Crippen LogP contribution is 2.31. The Labute approximate surface area is 154 Å². The first-order valence-corrected chi connectivity index (χ1v) is 8.92. The number of pyridine rings is 1. The number of carbonyl (C=O) groups is 1. The standard InChI is InChI=1S/C19H14N4O2S/c20-7-12-5-16(24)18(21-8-12)19-22-15(11-26-19)6-17(25)23-9-13-3-1-2-4-14(13)10-23/h1-3,5,8,10-11,24H,4,6,9H2. The van der Waals surface area contributed by atoms with Crippen LogP contribution < -0.4 is 0 Å². The molecular formula is C19H14N4O2S. The molecule has 0 saturated heterocycles. The van der Waals surface area contributed by atoms with Crippen LogP contribution in [-0.4, -0.2) is 32.4 Å². The summed E-state index contributed by atoms with van der Waals surface area (Å²) in [6.07, 6.45) is 10.5. The Morgan fingerprint density at radius 3 is 3.08 bits per heavy atom. The van der Waals surface area contributed by atoms with Crippen molar-refractivity contribution in [3.05, 3.63) is 64.5 Å². The summed E-state index contributed by atoms with van der Waals surface area (Å²) >= 11 is 1.31. The molecule has 128 valence electrons. The minimum Gasteiger partial charge on any atom is -0.506 e. The zero-order chi connectivity index (χ0) is 18.1. The molecule has 0 bridgehead atoms. The number of fused-ring (bicyclic) bond motifs is 1. The smallest absolute Gasteiger partial charge is 0.232 e. The zero-order valence-electron chi connectivity index (χ0n) is 13.7. The fraction of sp³-hybridized carbons (Fsp3) is 0.158. The van der Waals surface area contributed by atoms with Crippen LogP contribution in [0.1, 0.15) is 17.7 Å². The number of nitriles is 1. The molecule has 6 nitrogen and oxygen atoms in total. The van der Waals surface area contributed by atoms with Gasteiger partial charge in [-0.1, -0.05) is 18.2 Å². The van der Waals surface area contributed by atoms with Gasteiger partial charge in [0, 0.05) is 23.8 Å². The molecule has 0 spiro atoms. The second kappa shape index (κ2) is 6.58. The van der Waals surface area contributed by atoms with Gasteiger partial charge in [-0.3, -0.25) is 4.79 Å². The molecule has 0 atom stereocenters. The monoisotopic (exact) mass is 362 g/mol. The van der Waals surface area contributed by atoms with Gasteiger partial charge >= 0.3 is 0 Å². The lowest BCUT2D eigenvalue weighted by Crippen LogP contribution is -2.25.